The predicted molar refractivity (Wildman–Crippen MR) is 115 cm³/mol. The van der Waals surface area contributed by atoms with Crippen LogP contribution < -0.4 is 4.90 Å². The minimum Gasteiger partial charge on any atom is -0.378 e. The van der Waals surface area contributed by atoms with E-state index in [1.165, 1.54) is 11.3 Å². The number of halogens is 2. The molecule has 1 aliphatic heterocycles. The smallest absolute Gasteiger partial charge is 0.231 e. The number of benzene rings is 1. The molecule has 1 aliphatic rings. The minimum absolute atomic E-state index is 0.0534. The maximum atomic E-state index is 12.7. The second kappa shape index (κ2) is 10.4. The predicted octanol–water partition coefficient (Wildman–Crippen LogP) is 5.22. The van der Waals surface area contributed by atoms with Gasteiger partial charge < -0.3 is 9.47 Å². The van der Waals surface area contributed by atoms with Gasteiger partial charge in [-0.15, -0.1) is 17.9 Å². The number of ether oxygens (including phenoxy) is 2. The van der Waals surface area contributed by atoms with Gasteiger partial charge in [0.15, 0.2) is 5.13 Å². The molecule has 1 fully saturated rings. The van der Waals surface area contributed by atoms with Crippen LogP contribution in [0.1, 0.15) is 19.3 Å². The lowest BCUT2D eigenvalue weighted by molar-refractivity contribution is -0.119. The highest BCUT2D eigenvalue weighted by molar-refractivity contribution is 7.14. The molecule has 0 radical (unpaired) electrons. The zero-order valence-electron chi connectivity index (χ0n) is 15.4. The number of thiazole rings is 1. The Hall–Kier alpha value is -1.44. The summed E-state index contributed by atoms with van der Waals surface area (Å²) in [7, 11) is 0. The number of hydrogen-bond acceptors (Lipinski definition) is 5. The van der Waals surface area contributed by atoms with E-state index in [9.17, 15) is 4.79 Å². The van der Waals surface area contributed by atoms with E-state index < -0.39 is 0 Å². The van der Waals surface area contributed by atoms with Gasteiger partial charge in [0.25, 0.3) is 0 Å². The Morgan fingerprint density at radius 1 is 1.43 bits per heavy atom. The number of amides is 1. The van der Waals surface area contributed by atoms with Crippen molar-refractivity contribution in [3.05, 3.63) is 46.3 Å². The molecule has 0 saturated carbocycles. The molecule has 1 unspecified atom stereocenters. The summed E-state index contributed by atoms with van der Waals surface area (Å²) in [5.41, 5.74) is 1.60. The van der Waals surface area contributed by atoms with Crippen molar-refractivity contribution < 1.29 is 14.3 Å². The second-order valence-electron chi connectivity index (χ2n) is 6.40. The van der Waals surface area contributed by atoms with E-state index in [1.807, 2.05) is 11.4 Å². The van der Waals surface area contributed by atoms with Crippen LogP contribution in [0.3, 0.4) is 0 Å². The van der Waals surface area contributed by atoms with Gasteiger partial charge in [0.05, 0.1) is 41.5 Å². The molecule has 2 aromatic rings. The van der Waals surface area contributed by atoms with Gasteiger partial charge in [-0.2, -0.15) is 0 Å². The van der Waals surface area contributed by atoms with Crippen molar-refractivity contribution in [1.29, 1.82) is 0 Å². The normalized spacial score (nSPS) is 16.3. The number of hydrogen-bond donors (Lipinski definition) is 0. The number of carbonyl (C=O) groups excluding carboxylic acids is 1. The summed E-state index contributed by atoms with van der Waals surface area (Å²) in [5, 5.41) is 3.47. The molecule has 2 heterocycles. The Kier molecular flexibility index (Phi) is 7.88. The topological polar surface area (TPSA) is 51.7 Å². The third-order valence-electron chi connectivity index (χ3n) is 4.34. The number of carbonyl (C=O) groups is 1. The minimum atomic E-state index is -0.0534. The number of rotatable bonds is 9. The Morgan fingerprint density at radius 3 is 3.00 bits per heavy atom. The van der Waals surface area contributed by atoms with E-state index in [-0.39, 0.29) is 18.4 Å². The molecule has 150 valence electrons. The van der Waals surface area contributed by atoms with Gasteiger partial charge >= 0.3 is 0 Å². The Morgan fingerprint density at radius 2 is 2.29 bits per heavy atom. The molecule has 0 bridgehead atoms. The lowest BCUT2D eigenvalue weighted by Gasteiger charge is -2.18. The van der Waals surface area contributed by atoms with E-state index in [0.717, 1.165) is 30.7 Å². The van der Waals surface area contributed by atoms with Crippen molar-refractivity contribution in [1.82, 2.24) is 4.98 Å². The average molecular weight is 441 g/mol. The first-order valence-corrected chi connectivity index (χ1v) is 10.7. The monoisotopic (exact) mass is 440 g/mol. The molecule has 0 spiro atoms. The molecule has 3 rings (SSSR count). The molecular formula is C20H22Cl2N2O3S. The third kappa shape index (κ3) is 5.55. The molecule has 1 saturated heterocycles. The zero-order chi connectivity index (χ0) is 19.9. The second-order valence-corrected chi connectivity index (χ2v) is 8.05. The molecular weight excluding hydrogens is 419 g/mol. The van der Waals surface area contributed by atoms with Gasteiger partial charge in [0.1, 0.15) is 0 Å². The van der Waals surface area contributed by atoms with Crippen molar-refractivity contribution in [3.8, 4) is 11.3 Å². The van der Waals surface area contributed by atoms with Gasteiger partial charge in [-0.3, -0.25) is 9.69 Å². The first kappa shape index (κ1) is 21.3. The summed E-state index contributed by atoms with van der Waals surface area (Å²) in [6, 6.07) is 5.35. The summed E-state index contributed by atoms with van der Waals surface area (Å²) < 4.78 is 11.1. The van der Waals surface area contributed by atoms with Gasteiger partial charge in [0, 0.05) is 24.1 Å². The standard InChI is InChI=1S/C20H22Cl2N2O3S/c1-2-8-24(19(25)7-10-26-12-15-4-3-9-27-15)20-23-18(13-28-20)14-5-6-16(21)17(22)11-14/h2,5-6,11,13,15H,1,3-4,7-10,12H2. The molecule has 5 nitrogen and oxygen atoms in total. The van der Waals surface area contributed by atoms with E-state index in [0.29, 0.717) is 34.9 Å². The third-order valence-corrected chi connectivity index (χ3v) is 5.94. The van der Waals surface area contributed by atoms with Crippen molar-refractivity contribution in [2.75, 3.05) is 31.3 Å². The maximum Gasteiger partial charge on any atom is 0.231 e. The lowest BCUT2D eigenvalue weighted by Crippen LogP contribution is -2.32. The molecule has 0 N–H and O–H groups in total. The molecule has 28 heavy (non-hydrogen) atoms. The fourth-order valence-corrected chi connectivity index (χ4v) is 4.04. The average Bonchev–Trinajstić information content (AvgIpc) is 3.37. The van der Waals surface area contributed by atoms with Crippen LogP contribution in [-0.2, 0) is 14.3 Å². The summed E-state index contributed by atoms with van der Waals surface area (Å²) >= 11 is 13.5. The Labute approximate surface area is 178 Å². The Balaban J connectivity index is 1.61. The van der Waals surface area contributed by atoms with E-state index in [1.54, 1.807) is 23.1 Å². The van der Waals surface area contributed by atoms with Gasteiger partial charge in [-0.25, -0.2) is 4.98 Å². The van der Waals surface area contributed by atoms with E-state index >= 15 is 0 Å². The van der Waals surface area contributed by atoms with Crippen LogP contribution in [0.2, 0.25) is 10.0 Å². The zero-order valence-corrected chi connectivity index (χ0v) is 17.7. The summed E-state index contributed by atoms with van der Waals surface area (Å²) in [4.78, 5) is 18.9. The van der Waals surface area contributed by atoms with Crippen molar-refractivity contribution in [2.45, 2.75) is 25.4 Å². The largest absolute Gasteiger partial charge is 0.378 e. The molecule has 8 heteroatoms. The van der Waals surface area contributed by atoms with E-state index in [2.05, 4.69) is 11.6 Å². The fourth-order valence-electron chi connectivity index (χ4n) is 2.88. The summed E-state index contributed by atoms with van der Waals surface area (Å²) in [6.45, 7) is 5.82. The molecule has 1 aromatic heterocycles. The van der Waals surface area contributed by atoms with Crippen molar-refractivity contribution >= 4 is 45.6 Å². The highest BCUT2D eigenvalue weighted by Crippen LogP contribution is 2.31. The highest BCUT2D eigenvalue weighted by atomic mass is 35.5. The first-order chi connectivity index (χ1) is 13.6. The van der Waals surface area contributed by atoms with Crippen LogP contribution in [0.5, 0.6) is 0 Å². The van der Waals surface area contributed by atoms with Crippen molar-refractivity contribution in [3.63, 3.8) is 0 Å². The first-order valence-electron chi connectivity index (χ1n) is 9.10. The van der Waals surface area contributed by atoms with Gasteiger partial charge in [-0.05, 0) is 25.0 Å². The molecule has 0 aliphatic carbocycles. The number of anilines is 1. The SMILES string of the molecule is C=CCN(C(=O)CCOCC1CCCO1)c1nc(-c2ccc(Cl)c(Cl)c2)cs1. The molecule has 1 amide bonds. The molecule has 1 aromatic carbocycles. The van der Waals surface area contributed by atoms with Crippen molar-refractivity contribution in [2.24, 2.45) is 0 Å². The van der Waals surface area contributed by atoms with E-state index in [4.69, 9.17) is 32.7 Å². The number of nitrogens with zero attached hydrogens (tertiary/aromatic N) is 2. The van der Waals surface area contributed by atoms with Crippen LogP contribution in [0.4, 0.5) is 5.13 Å². The lowest BCUT2D eigenvalue weighted by atomic mass is 10.2. The fraction of sp³-hybridized carbons (Fsp3) is 0.400. The number of aromatic nitrogens is 1. The van der Waals surface area contributed by atoms with Crippen LogP contribution >= 0.6 is 34.5 Å². The summed E-state index contributed by atoms with van der Waals surface area (Å²) in [6.07, 6.45) is 4.22. The van der Waals surface area contributed by atoms with Crippen LogP contribution in [0.15, 0.2) is 36.2 Å². The molecule has 1 atom stereocenters. The van der Waals surface area contributed by atoms with Crippen LogP contribution in [0, 0.1) is 0 Å². The quantitative estimate of drug-likeness (QED) is 0.396. The van der Waals surface area contributed by atoms with Crippen LogP contribution in [0.25, 0.3) is 11.3 Å². The van der Waals surface area contributed by atoms with Gasteiger partial charge in [0.2, 0.25) is 5.91 Å². The maximum absolute atomic E-state index is 12.7. The van der Waals surface area contributed by atoms with Crippen LogP contribution in [-0.4, -0.2) is 43.4 Å². The highest BCUT2D eigenvalue weighted by Gasteiger charge is 2.20. The Bertz CT molecular complexity index is 822. The summed E-state index contributed by atoms with van der Waals surface area (Å²) in [5.74, 6) is -0.0534. The van der Waals surface area contributed by atoms with Gasteiger partial charge in [-0.1, -0.05) is 35.3 Å².